The molecule has 4 heteroatoms. The number of nitrogens with zero attached hydrogens (tertiary/aromatic N) is 1. The van der Waals surface area contributed by atoms with Crippen LogP contribution < -0.4 is 11.1 Å². The molecule has 0 saturated heterocycles. The van der Waals surface area contributed by atoms with E-state index >= 15 is 0 Å². The molecule has 2 atom stereocenters. The second kappa shape index (κ2) is 4.17. The minimum atomic E-state index is 0.622. The lowest BCUT2D eigenvalue weighted by Gasteiger charge is -2.09. The van der Waals surface area contributed by atoms with Crippen molar-refractivity contribution in [3.63, 3.8) is 0 Å². The van der Waals surface area contributed by atoms with Crippen LogP contribution in [0.15, 0.2) is 6.07 Å². The Morgan fingerprint density at radius 3 is 3.07 bits per heavy atom. The van der Waals surface area contributed by atoms with Gasteiger partial charge < -0.3 is 11.1 Å². The van der Waals surface area contributed by atoms with E-state index in [-0.39, 0.29) is 0 Å². The molecule has 0 aliphatic heterocycles. The molecule has 3 nitrogen and oxygen atoms in total. The second-order valence-corrected chi connectivity index (χ2v) is 5.09. The van der Waals surface area contributed by atoms with Gasteiger partial charge in [-0.25, -0.2) is 0 Å². The van der Waals surface area contributed by atoms with Crippen LogP contribution >= 0.6 is 11.5 Å². The number of anilines is 2. The molecule has 1 aromatic rings. The fraction of sp³-hybridized carbons (Fsp3) is 0.700. The maximum absolute atomic E-state index is 5.54. The molecule has 1 fully saturated rings. The van der Waals surface area contributed by atoms with Crippen LogP contribution in [0, 0.1) is 11.8 Å². The van der Waals surface area contributed by atoms with Crippen LogP contribution in [-0.4, -0.2) is 10.9 Å². The summed E-state index contributed by atoms with van der Waals surface area (Å²) >= 11 is 1.45. The highest BCUT2D eigenvalue weighted by Crippen LogP contribution is 2.30. The average Bonchev–Trinajstić information content (AvgIpc) is 2.72. The number of nitrogen functional groups attached to an aromatic ring is 1. The molecule has 0 bridgehead atoms. The lowest BCUT2D eigenvalue weighted by Crippen LogP contribution is -2.10. The van der Waals surface area contributed by atoms with Crippen molar-refractivity contribution in [3.8, 4) is 0 Å². The van der Waals surface area contributed by atoms with Crippen molar-refractivity contribution in [1.29, 1.82) is 0 Å². The summed E-state index contributed by atoms with van der Waals surface area (Å²) < 4.78 is 4.03. The van der Waals surface area contributed by atoms with E-state index in [1.807, 2.05) is 6.07 Å². The molecular weight excluding hydrogens is 194 g/mol. The van der Waals surface area contributed by atoms with Crippen LogP contribution in [0.1, 0.15) is 26.2 Å². The average molecular weight is 211 g/mol. The Balaban J connectivity index is 1.77. The highest BCUT2D eigenvalue weighted by atomic mass is 32.1. The van der Waals surface area contributed by atoms with Crippen molar-refractivity contribution < 1.29 is 0 Å². The van der Waals surface area contributed by atoms with Crippen molar-refractivity contribution in [3.05, 3.63) is 6.07 Å². The van der Waals surface area contributed by atoms with Crippen LogP contribution in [0.4, 0.5) is 10.8 Å². The molecule has 0 aromatic carbocycles. The molecule has 1 aromatic heterocycles. The van der Waals surface area contributed by atoms with Gasteiger partial charge in [0.1, 0.15) is 10.8 Å². The maximum atomic E-state index is 5.54. The maximum Gasteiger partial charge on any atom is 0.139 e. The Kier molecular flexibility index (Phi) is 2.91. The first kappa shape index (κ1) is 9.77. The summed E-state index contributed by atoms with van der Waals surface area (Å²) in [5.41, 5.74) is 5.54. The Bertz CT molecular complexity index is 297. The SMILES string of the molecule is CC1CCC(CNc2cc(N)ns2)C1. The molecule has 0 spiro atoms. The Hall–Kier alpha value is -0.770. The molecule has 1 saturated carbocycles. The molecule has 0 amide bonds. The third-order valence-electron chi connectivity index (χ3n) is 2.90. The molecule has 1 aliphatic rings. The highest BCUT2D eigenvalue weighted by molar-refractivity contribution is 7.10. The molecule has 1 heterocycles. The Labute approximate surface area is 88.9 Å². The molecule has 1 aliphatic carbocycles. The van der Waals surface area contributed by atoms with Gasteiger partial charge in [-0.2, -0.15) is 4.37 Å². The third kappa shape index (κ3) is 2.38. The summed E-state index contributed by atoms with van der Waals surface area (Å²) in [7, 11) is 0. The normalized spacial score (nSPS) is 26.6. The van der Waals surface area contributed by atoms with E-state index in [0.717, 1.165) is 23.4 Å². The van der Waals surface area contributed by atoms with Gasteiger partial charge in [-0.05, 0) is 36.2 Å². The molecule has 2 unspecified atom stereocenters. The second-order valence-electron chi connectivity index (χ2n) is 4.28. The first-order chi connectivity index (χ1) is 6.74. The Morgan fingerprint density at radius 2 is 2.50 bits per heavy atom. The minimum Gasteiger partial charge on any atom is -0.383 e. The van der Waals surface area contributed by atoms with Crippen molar-refractivity contribution in [2.24, 2.45) is 11.8 Å². The van der Waals surface area contributed by atoms with Gasteiger partial charge in [0.15, 0.2) is 0 Å². The smallest absolute Gasteiger partial charge is 0.139 e. The van der Waals surface area contributed by atoms with Crippen LogP contribution in [-0.2, 0) is 0 Å². The summed E-state index contributed by atoms with van der Waals surface area (Å²) in [4.78, 5) is 0. The van der Waals surface area contributed by atoms with E-state index in [1.165, 1.54) is 30.8 Å². The van der Waals surface area contributed by atoms with E-state index in [0.29, 0.717) is 5.82 Å². The summed E-state index contributed by atoms with van der Waals surface area (Å²) in [5.74, 6) is 2.37. The summed E-state index contributed by atoms with van der Waals surface area (Å²) in [6.45, 7) is 3.41. The predicted molar refractivity (Wildman–Crippen MR) is 61.5 cm³/mol. The van der Waals surface area contributed by atoms with Gasteiger partial charge in [0, 0.05) is 12.6 Å². The van der Waals surface area contributed by atoms with Gasteiger partial charge in [-0.3, -0.25) is 0 Å². The molecule has 78 valence electrons. The number of aromatic nitrogens is 1. The number of nitrogens with two attached hydrogens (primary N) is 1. The lowest BCUT2D eigenvalue weighted by atomic mass is 10.1. The first-order valence-electron chi connectivity index (χ1n) is 5.20. The van der Waals surface area contributed by atoms with Crippen LogP contribution in [0.2, 0.25) is 0 Å². The van der Waals surface area contributed by atoms with Crippen molar-refractivity contribution >= 4 is 22.4 Å². The van der Waals surface area contributed by atoms with Crippen LogP contribution in [0.25, 0.3) is 0 Å². The van der Waals surface area contributed by atoms with E-state index in [9.17, 15) is 0 Å². The topological polar surface area (TPSA) is 50.9 Å². The zero-order valence-corrected chi connectivity index (χ0v) is 9.31. The fourth-order valence-corrected chi connectivity index (χ4v) is 2.71. The molecular formula is C10H17N3S. The summed E-state index contributed by atoms with van der Waals surface area (Å²) in [6, 6.07) is 1.91. The number of nitrogens with one attached hydrogen (secondary N) is 1. The van der Waals surface area contributed by atoms with Gasteiger partial charge in [-0.15, -0.1) is 0 Å². The van der Waals surface area contributed by atoms with Gasteiger partial charge >= 0.3 is 0 Å². The van der Waals surface area contributed by atoms with Gasteiger partial charge in [-0.1, -0.05) is 13.3 Å². The number of hydrogen-bond acceptors (Lipinski definition) is 4. The van der Waals surface area contributed by atoms with Crippen LogP contribution in [0.5, 0.6) is 0 Å². The number of rotatable bonds is 3. The first-order valence-corrected chi connectivity index (χ1v) is 5.97. The van der Waals surface area contributed by atoms with E-state index in [4.69, 9.17) is 5.73 Å². The van der Waals surface area contributed by atoms with Gasteiger partial charge in [0.2, 0.25) is 0 Å². The summed E-state index contributed by atoms with van der Waals surface area (Å²) in [6.07, 6.45) is 4.11. The predicted octanol–water partition coefficient (Wildman–Crippen LogP) is 2.57. The lowest BCUT2D eigenvalue weighted by molar-refractivity contribution is 0.537. The van der Waals surface area contributed by atoms with Crippen molar-refractivity contribution in [2.45, 2.75) is 26.2 Å². The third-order valence-corrected chi connectivity index (χ3v) is 3.66. The number of hydrogen-bond donors (Lipinski definition) is 2. The quantitative estimate of drug-likeness (QED) is 0.808. The molecule has 2 rings (SSSR count). The van der Waals surface area contributed by atoms with Crippen molar-refractivity contribution in [2.75, 3.05) is 17.6 Å². The van der Waals surface area contributed by atoms with Gasteiger partial charge in [0.25, 0.3) is 0 Å². The largest absolute Gasteiger partial charge is 0.383 e. The van der Waals surface area contributed by atoms with E-state index < -0.39 is 0 Å². The zero-order chi connectivity index (χ0) is 9.97. The van der Waals surface area contributed by atoms with Crippen molar-refractivity contribution in [1.82, 2.24) is 4.37 Å². The fourth-order valence-electron chi connectivity index (χ4n) is 2.13. The zero-order valence-electron chi connectivity index (χ0n) is 8.49. The van der Waals surface area contributed by atoms with Gasteiger partial charge in [0.05, 0.1) is 0 Å². The molecule has 3 N–H and O–H groups in total. The van der Waals surface area contributed by atoms with Crippen LogP contribution in [0.3, 0.4) is 0 Å². The standard InChI is InChI=1S/C10H17N3S/c1-7-2-3-8(4-7)6-12-10-5-9(11)13-14-10/h5,7-8,12H,2-4,6H2,1H3,(H2,11,13). The highest BCUT2D eigenvalue weighted by Gasteiger charge is 2.20. The molecule has 0 radical (unpaired) electrons. The van der Waals surface area contributed by atoms with E-state index in [2.05, 4.69) is 16.6 Å². The summed E-state index contributed by atoms with van der Waals surface area (Å²) in [5, 5.41) is 4.50. The molecule has 14 heavy (non-hydrogen) atoms. The minimum absolute atomic E-state index is 0.622. The monoisotopic (exact) mass is 211 g/mol. The Morgan fingerprint density at radius 1 is 1.64 bits per heavy atom. The van der Waals surface area contributed by atoms with E-state index in [1.54, 1.807) is 0 Å².